The summed E-state index contributed by atoms with van der Waals surface area (Å²) in [6.07, 6.45) is 0. The predicted molar refractivity (Wildman–Crippen MR) is 53.6 cm³/mol. The Labute approximate surface area is 85.0 Å². The third-order valence-corrected chi connectivity index (χ3v) is 2.08. The number of hydrogen-bond acceptors (Lipinski definition) is 2. The summed E-state index contributed by atoms with van der Waals surface area (Å²) in [7, 11) is 0. The molecule has 13 heavy (non-hydrogen) atoms. The van der Waals surface area contributed by atoms with E-state index < -0.39 is 5.91 Å². The van der Waals surface area contributed by atoms with E-state index in [-0.39, 0.29) is 6.61 Å². The SMILES string of the molecule is Cc1ccc(OCC(N)=O)c(Br)c1. The fourth-order valence-electron chi connectivity index (χ4n) is 0.872. The Hall–Kier alpha value is -1.03. The lowest BCUT2D eigenvalue weighted by Gasteiger charge is -2.06. The van der Waals surface area contributed by atoms with Crippen LogP contribution in [0.1, 0.15) is 5.56 Å². The van der Waals surface area contributed by atoms with E-state index >= 15 is 0 Å². The molecule has 0 aliphatic rings. The molecule has 1 rings (SSSR count). The van der Waals surface area contributed by atoms with Gasteiger partial charge in [0.05, 0.1) is 4.47 Å². The van der Waals surface area contributed by atoms with Crippen molar-refractivity contribution in [2.45, 2.75) is 6.92 Å². The number of rotatable bonds is 3. The highest BCUT2D eigenvalue weighted by molar-refractivity contribution is 9.10. The number of carbonyl (C=O) groups excluding carboxylic acids is 1. The molecule has 1 aromatic rings. The Morgan fingerprint density at radius 1 is 1.62 bits per heavy atom. The quantitative estimate of drug-likeness (QED) is 0.878. The maximum atomic E-state index is 10.4. The van der Waals surface area contributed by atoms with Gasteiger partial charge < -0.3 is 10.5 Å². The first-order valence-corrected chi connectivity index (χ1v) is 4.56. The number of carbonyl (C=O) groups is 1. The van der Waals surface area contributed by atoms with Crippen LogP contribution >= 0.6 is 15.9 Å². The van der Waals surface area contributed by atoms with Crippen LogP contribution in [0.3, 0.4) is 0 Å². The van der Waals surface area contributed by atoms with Crippen LogP contribution in [-0.2, 0) is 4.79 Å². The summed E-state index contributed by atoms with van der Waals surface area (Å²) in [5.74, 6) is 0.150. The molecule has 3 nitrogen and oxygen atoms in total. The minimum Gasteiger partial charge on any atom is -0.483 e. The van der Waals surface area contributed by atoms with Gasteiger partial charge in [-0.15, -0.1) is 0 Å². The van der Waals surface area contributed by atoms with Crippen molar-refractivity contribution >= 4 is 21.8 Å². The van der Waals surface area contributed by atoms with Gasteiger partial charge in [-0.1, -0.05) is 6.07 Å². The predicted octanol–water partition coefficient (Wildman–Crippen LogP) is 1.62. The van der Waals surface area contributed by atoms with Gasteiger partial charge >= 0.3 is 0 Å². The molecule has 1 aromatic carbocycles. The van der Waals surface area contributed by atoms with Crippen LogP contribution in [-0.4, -0.2) is 12.5 Å². The smallest absolute Gasteiger partial charge is 0.255 e. The van der Waals surface area contributed by atoms with E-state index in [0.29, 0.717) is 5.75 Å². The fourth-order valence-corrected chi connectivity index (χ4v) is 1.48. The van der Waals surface area contributed by atoms with Gasteiger partial charge in [0.1, 0.15) is 5.75 Å². The molecule has 0 aromatic heterocycles. The van der Waals surface area contributed by atoms with E-state index in [1.54, 1.807) is 6.07 Å². The van der Waals surface area contributed by atoms with Crippen molar-refractivity contribution in [2.75, 3.05) is 6.61 Å². The lowest BCUT2D eigenvalue weighted by atomic mass is 10.2. The van der Waals surface area contributed by atoms with Crippen molar-refractivity contribution in [3.63, 3.8) is 0 Å². The lowest BCUT2D eigenvalue weighted by Crippen LogP contribution is -2.20. The van der Waals surface area contributed by atoms with Gasteiger partial charge in [-0.05, 0) is 40.5 Å². The second-order valence-corrected chi connectivity index (χ2v) is 3.54. The first kappa shape index (κ1) is 10.1. The Bertz CT molecular complexity index is 325. The Balaban J connectivity index is 2.72. The highest BCUT2D eigenvalue weighted by Gasteiger charge is 2.02. The van der Waals surface area contributed by atoms with E-state index in [0.717, 1.165) is 10.0 Å². The van der Waals surface area contributed by atoms with Crippen molar-refractivity contribution in [2.24, 2.45) is 5.73 Å². The number of benzene rings is 1. The Kier molecular flexibility index (Phi) is 3.31. The molecule has 70 valence electrons. The van der Waals surface area contributed by atoms with Crippen molar-refractivity contribution in [3.05, 3.63) is 28.2 Å². The topological polar surface area (TPSA) is 52.3 Å². The average Bonchev–Trinajstić information content (AvgIpc) is 2.02. The molecule has 0 aliphatic carbocycles. The first-order chi connectivity index (χ1) is 6.09. The number of amides is 1. The summed E-state index contributed by atoms with van der Waals surface area (Å²) in [5, 5.41) is 0. The average molecular weight is 244 g/mol. The van der Waals surface area contributed by atoms with E-state index in [1.165, 1.54) is 0 Å². The van der Waals surface area contributed by atoms with Crippen LogP contribution in [0.2, 0.25) is 0 Å². The van der Waals surface area contributed by atoms with Gasteiger partial charge in [0.15, 0.2) is 6.61 Å². The molecule has 2 N–H and O–H groups in total. The summed E-state index contributed by atoms with van der Waals surface area (Å²) < 4.78 is 5.96. The molecular weight excluding hydrogens is 234 g/mol. The van der Waals surface area contributed by atoms with Gasteiger partial charge in [-0.25, -0.2) is 0 Å². The molecule has 0 unspecified atom stereocenters. The number of halogens is 1. The Morgan fingerprint density at radius 3 is 2.85 bits per heavy atom. The summed E-state index contributed by atoms with van der Waals surface area (Å²) in [4.78, 5) is 10.4. The Morgan fingerprint density at radius 2 is 2.31 bits per heavy atom. The molecule has 0 heterocycles. The normalized spacial score (nSPS) is 9.69. The zero-order valence-corrected chi connectivity index (χ0v) is 8.80. The van der Waals surface area contributed by atoms with E-state index in [2.05, 4.69) is 15.9 Å². The number of nitrogens with two attached hydrogens (primary N) is 1. The van der Waals surface area contributed by atoms with Gasteiger partial charge in [0.2, 0.25) is 0 Å². The number of aryl methyl sites for hydroxylation is 1. The molecule has 0 saturated carbocycles. The van der Waals surface area contributed by atoms with Crippen molar-refractivity contribution in [1.82, 2.24) is 0 Å². The van der Waals surface area contributed by atoms with E-state index in [1.807, 2.05) is 19.1 Å². The highest BCUT2D eigenvalue weighted by Crippen LogP contribution is 2.25. The summed E-state index contributed by atoms with van der Waals surface area (Å²) in [6.45, 7) is 1.88. The van der Waals surface area contributed by atoms with Crippen molar-refractivity contribution in [3.8, 4) is 5.75 Å². The standard InChI is InChI=1S/C9H10BrNO2/c1-6-2-3-8(7(10)4-6)13-5-9(11)12/h2-4H,5H2,1H3,(H2,11,12). The summed E-state index contributed by atoms with van der Waals surface area (Å²) in [6, 6.07) is 5.61. The molecule has 0 saturated heterocycles. The van der Waals surface area contributed by atoms with E-state index in [9.17, 15) is 4.79 Å². The molecule has 1 amide bonds. The zero-order chi connectivity index (χ0) is 9.84. The molecule has 0 spiro atoms. The van der Waals surface area contributed by atoms with Gasteiger partial charge in [-0.3, -0.25) is 4.79 Å². The number of primary amides is 1. The largest absolute Gasteiger partial charge is 0.483 e. The van der Waals surface area contributed by atoms with Gasteiger partial charge in [0.25, 0.3) is 5.91 Å². The molecule has 0 aliphatic heterocycles. The van der Waals surface area contributed by atoms with Gasteiger partial charge in [-0.2, -0.15) is 0 Å². The van der Waals surface area contributed by atoms with Crippen LogP contribution in [0.4, 0.5) is 0 Å². The second kappa shape index (κ2) is 4.28. The van der Waals surface area contributed by atoms with Crippen LogP contribution in [0, 0.1) is 6.92 Å². The second-order valence-electron chi connectivity index (χ2n) is 2.69. The minimum absolute atomic E-state index is 0.0956. The van der Waals surface area contributed by atoms with Crippen molar-refractivity contribution < 1.29 is 9.53 Å². The zero-order valence-electron chi connectivity index (χ0n) is 7.21. The third kappa shape index (κ3) is 3.06. The third-order valence-electron chi connectivity index (χ3n) is 1.46. The molecule has 0 radical (unpaired) electrons. The van der Waals surface area contributed by atoms with Gasteiger partial charge in [0, 0.05) is 0 Å². The number of ether oxygens (including phenoxy) is 1. The van der Waals surface area contributed by atoms with Crippen LogP contribution in [0.5, 0.6) is 5.75 Å². The van der Waals surface area contributed by atoms with Crippen LogP contribution in [0.25, 0.3) is 0 Å². The summed E-state index contributed by atoms with van der Waals surface area (Å²) in [5.41, 5.74) is 6.06. The monoisotopic (exact) mass is 243 g/mol. The van der Waals surface area contributed by atoms with Crippen LogP contribution < -0.4 is 10.5 Å². The molecular formula is C9H10BrNO2. The number of hydrogen-bond donors (Lipinski definition) is 1. The molecule has 4 heteroatoms. The maximum Gasteiger partial charge on any atom is 0.255 e. The first-order valence-electron chi connectivity index (χ1n) is 3.77. The lowest BCUT2D eigenvalue weighted by molar-refractivity contribution is -0.119. The highest BCUT2D eigenvalue weighted by atomic mass is 79.9. The van der Waals surface area contributed by atoms with Crippen LogP contribution in [0.15, 0.2) is 22.7 Å². The molecule has 0 bridgehead atoms. The summed E-state index contributed by atoms with van der Waals surface area (Å²) >= 11 is 3.32. The minimum atomic E-state index is -0.479. The molecule has 0 atom stereocenters. The molecule has 0 fully saturated rings. The van der Waals surface area contributed by atoms with Crippen molar-refractivity contribution in [1.29, 1.82) is 0 Å². The fraction of sp³-hybridized carbons (Fsp3) is 0.222. The van der Waals surface area contributed by atoms with E-state index in [4.69, 9.17) is 10.5 Å². The maximum absolute atomic E-state index is 10.4.